The first-order valence-electron chi connectivity index (χ1n) is 6.09. The molecule has 1 aromatic carbocycles. The van der Waals surface area contributed by atoms with E-state index in [-0.39, 0.29) is 16.9 Å². The summed E-state index contributed by atoms with van der Waals surface area (Å²) in [7, 11) is 0. The summed E-state index contributed by atoms with van der Waals surface area (Å²) in [5.41, 5.74) is 5.25. The van der Waals surface area contributed by atoms with E-state index in [1.165, 1.54) is 25.1 Å². The number of anilines is 2. The maximum absolute atomic E-state index is 12.5. The SMILES string of the molecule is Cc1nc(C(F)(F)F)ccc1C(=O)Nc1ccc(Cl)c(N)c1. The molecule has 0 atom stereocenters. The largest absolute Gasteiger partial charge is 0.433 e. The van der Waals surface area contributed by atoms with Crippen molar-refractivity contribution in [2.24, 2.45) is 0 Å². The summed E-state index contributed by atoms with van der Waals surface area (Å²) in [4.78, 5) is 15.5. The fraction of sp³-hybridized carbons (Fsp3) is 0.143. The Balaban J connectivity index is 2.24. The molecule has 4 nitrogen and oxygen atoms in total. The number of amides is 1. The third-order valence-corrected chi connectivity index (χ3v) is 3.22. The van der Waals surface area contributed by atoms with Crippen LogP contribution in [0.1, 0.15) is 21.7 Å². The lowest BCUT2D eigenvalue weighted by Gasteiger charge is -2.11. The highest BCUT2D eigenvalue weighted by atomic mass is 35.5. The van der Waals surface area contributed by atoms with Crippen molar-refractivity contribution in [3.8, 4) is 0 Å². The van der Waals surface area contributed by atoms with Crippen molar-refractivity contribution in [1.82, 2.24) is 4.98 Å². The minimum Gasteiger partial charge on any atom is -0.397 e. The van der Waals surface area contributed by atoms with E-state index in [1.54, 1.807) is 0 Å². The zero-order valence-corrected chi connectivity index (χ0v) is 12.1. The molecule has 0 aliphatic rings. The highest BCUT2D eigenvalue weighted by molar-refractivity contribution is 6.33. The lowest BCUT2D eigenvalue weighted by atomic mass is 10.1. The summed E-state index contributed by atoms with van der Waals surface area (Å²) in [6.45, 7) is 1.33. The highest BCUT2D eigenvalue weighted by Gasteiger charge is 2.33. The van der Waals surface area contributed by atoms with E-state index in [0.29, 0.717) is 10.7 Å². The topological polar surface area (TPSA) is 68.0 Å². The molecule has 0 saturated carbocycles. The van der Waals surface area contributed by atoms with Gasteiger partial charge in [-0.05, 0) is 37.3 Å². The Kier molecular flexibility index (Phi) is 4.27. The lowest BCUT2D eigenvalue weighted by Crippen LogP contribution is -2.16. The van der Waals surface area contributed by atoms with Crippen LogP contribution in [0.5, 0.6) is 0 Å². The molecule has 0 unspecified atom stereocenters. The van der Waals surface area contributed by atoms with E-state index in [9.17, 15) is 18.0 Å². The molecule has 0 saturated heterocycles. The van der Waals surface area contributed by atoms with Gasteiger partial charge in [0.15, 0.2) is 0 Å². The molecule has 2 aromatic rings. The molecular formula is C14H11ClF3N3O. The van der Waals surface area contributed by atoms with Crippen molar-refractivity contribution in [2.75, 3.05) is 11.1 Å². The highest BCUT2D eigenvalue weighted by Crippen LogP contribution is 2.28. The van der Waals surface area contributed by atoms with Gasteiger partial charge in [-0.15, -0.1) is 0 Å². The molecule has 0 aliphatic heterocycles. The number of aromatic nitrogens is 1. The van der Waals surface area contributed by atoms with E-state index >= 15 is 0 Å². The number of hydrogen-bond donors (Lipinski definition) is 2. The Morgan fingerprint density at radius 2 is 1.95 bits per heavy atom. The van der Waals surface area contributed by atoms with Crippen LogP contribution in [0.15, 0.2) is 30.3 Å². The van der Waals surface area contributed by atoms with Gasteiger partial charge >= 0.3 is 6.18 Å². The zero-order chi connectivity index (χ0) is 16.5. The normalized spacial score (nSPS) is 11.3. The second-order valence-electron chi connectivity index (χ2n) is 4.52. The Morgan fingerprint density at radius 1 is 1.27 bits per heavy atom. The Morgan fingerprint density at radius 3 is 2.50 bits per heavy atom. The van der Waals surface area contributed by atoms with Crippen molar-refractivity contribution in [3.63, 3.8) is 0 Å². The second-order valence-corrected chi connectivity index (χ2v) is 4.92. The Labute approximate surface area is 129 Å². The van der Waals surface area contributed by atoms with E-state index in [2.05, 4.69) is 10.3 Å². The minimum atomic E-state index is -4.55. The summed E-state index contributed by atoms with van der Waals surface area (Å²) in [5, 5.41) is 2.86. The first-order chi connectivity index (χ1) is 10.2. The number of hydrogen-bond acceptors (Lipinski definition) is 3. The number of alkyl halides is 3. The second kappa shape index (κ2) is 5.84. The van der Waals surface area contributed by atoms with Gasteiger partial charge in [-0.1, -0.05) is 11.6 Å². The fourth-order valence-corrected chi connectivity index (χ4v) is 1.90. The smallest absolute Gasteiger partial charge is 0.397 e. The Bertz CT molecular complexity index is 732. The van der Waals surface area contributed by atoms with Crippen LogP contribution >= 0.6 is 11.6 Å². The maximum Gasteiger partial charge on any atom is 0.433 e. The van der Waals surface area contributed by atoms with Crippen LogP contribution in [0, 0.1) is 6.92 Å². The number of carbonyl (C=O) groups excluding carboxylic acids is 1. The molecule has 1 heterocycles. The van der Waals surface area contributed by atoms with Gasteiger partial charge in [0.1, 0.15) is 5.69 Å². The molecule has 0 spiro atoms. The number of carbonyl (C=O) groups is 1. The van der Waals surface area contributed by atoms with Crippen LogP contribution in [0.4, 0.5) is 24.5 Å². The molecular weight excluding hydrogens is 319 g/mol. The number of rotatable bonds is 2. The molecule has 0 radical (unpaired) electrons. The predicted octanol–water partition coefficient (Wildman–Crippen LogP) is 3.90. The summed E-state index contributed by atoms with van der Waals surface area (Å²) < 4.78 is 37.6. The van der Waals surface area contributed by atoms with Gasteiger partial charge in [-0.2, -0.15) is 13.2 Å². The van der Waals surface area contributed by atoms with Gasteiger partial charge in [-0.25, -0.2) is 4.98 Å². The monoisotopic (exact) mass is 329 g/mol. The number of nitrogens with zero attached hydrogens (tertiary/aromatic N) is 1. The number of benzene rings is 1. The summed E-state index contributed by atoms with van der Waals surface area (Å²) in [6.07, 6.45) is -4.55. The standard InChI is InChI=1S/C14H11ClF3N3O/c1-7-9(3-5-12(20-7)14(16,17)18)13(22)21-8-2-4-10(15)11(19)6-8/h2-6H,19H2,1H3,(H,21,22). The van der Waals surface area contributed by atoms with Crippen LogP contribution < -0.4 is 11.1 Å². The number of nitrogens with one attached hydrogen (secondary N) is 1. The van der Waals surface area contributed by atoms with Gasteiger partial charge in [0.05, 0.1) is 22.0 Å². The van der Waals surface area contributed by atoms with Crippen LogP contribution in [0.25, 0.3) is 0 Å². The van der Waals surface area contributed by atoms with Crippen molar-refractivity contribution >= 4 is 28.9 Å². The number of nitrogen functional groups attached to an aromatic ring is 1. The van der Waals surface area contributed by atoms with Crippen LogP contribution in [-0.4, -0.2) is 10.9 Å². The van der Waals surface area contributed by atoms with Gasteiger partial charge < -0.3 is 11.1 Å². The van der Waals surface area contributed by atoms with Crippen LogP contribution in [0.3, 0.4) is 0 Å². The van der Waals surface area contributed by atoms with Gasteiger partial charge in [0.25, 0.3) is 5.91 Å². The van der Waals surface area contributed by atoms with Gasteiger partial charge in [-0.3, -0.25) is 4.79 Å². The molecule has 3 N–H and O–H groups in total. The van der Waals surface area contributed by atoms with Crippen molar-refractivity contribution in [3.05, 3.63) is 52.3 Å². The molecule has 0 bridgehead atoms. The van der Waals surface area contributed by atoms with Gasteiger partial charge in [0, 0.05) is 5.69 Å². The molecule has 1 aromatic heterocycles. The number of halogens is 4. The summed E-state index contributed by atoms with van der Waals surface area (Å²) in [5.74, 6) is -0.583. The average Bonchev–Trinajstić information content (AvgIpc) is 2.41. The third-order valence-electron chi connectivity index (χ3n) is 2.87. The van der Waals surface area contributed by atoms with E-state index in [4.69, 9.17) is 17.3 Å². The van der Waals surface area contributed by atoms with E-state index < -0.39 is 17.8 Å². The molecule has 0 fully saturated rings. The number of aryl methyl sites for hydroxylation is 1. The van der Waals surface area contributed by atoms with E-state index in [1.807, 2.05) is 0 Å². The van der Waals surface area contributed by atoms with Crippen molar-refractivity contribution < 1.29 is 18.0 Å². The first-order valence-corrected chi connectivity index (χ1v) is 6.47. The predicted molar refractivity (Wildman–Crippen MR) is 77.8 cm³/mol. The quantitative estimate of drug-likeness (QED) is 0.821. The van der Waals surface area contributed by atoms with Crippen molar-refractivity contribution in [1.29, 1.82) is 0 Å². The maximum atomic E-state index is 12.5. The number of pyridine rings is 1. The molecule has 116 valence electrons. The average molecular weight is 330 g/mol. The molecule has 8 heteroatoms. The van der Waals surface area contributed by atoms with Crippen LogP contribution in [-0.2, 0) is 6.18 Å². The molecule has 0 aliphatic carbocycles. The Hall–Kier alpha value is -2.28. The fourth-order valence-electron chi connectivity index (χ4n) is 1.78. The van der Waals surface area contributed by atoms with Crippen molar-refractivity contribution in [2.45, 2.75) is 13.1 Å². The van der Waals surface area contributed by atoms with E-state index in [0.717, 1.165) is 12.1 Å². The van der Waals surface area contributed by atoms with Crippen LogP contribution in [0.2, 0.25) is 5.02 Å². The summed E-state index contributed by atoms with van der Waals surface area (Å²) >= 11 is 5.77. The minimum absolute atomic E-state index is 0.0192. The molecule has 1 amide bonds. The molecule has 22 heavy (non-hydrogen) atoms. The summed E-state index contributed by atoms with van der Waals surface area (Å²) in [6, 6.07) is 6.33. The zero-order valence-electron chi connectivity index (χ0n) is 11.3. The first kappa shape index (κ1) is 16.1. The lowest BCUT2D eigenvalue weighted by molar-refractivity contribution is -0.141. The van der Waals surface area contributed by atoms with Gasteiger partial charge in [0.2, 0.25) is 0 Å². The third kappa shape index (κ3) is 3.48. The molecule has 2 rings (SSSR count). The number of nitrogens with two attached hydrogens (primary N) is 1.